The standard InChI is InChI=1S/C21H24O6/c1-26-17-10-14-5-2-6-15(22)11-16(23)9-8-13-4-3-7-19(13)27-21(25)20(14)18(24)12-17/h2,5,8-10,12-13,15,19,22,24H,3-4,6-7,11H2,1H3/b5-2+,9-8-/t13-,15+,19?/m1/s1. The van der Waals surface area contributed by atoms with Crippen LogP contribution in [0.15, 0.2) is 30.4 Å². The number of ketones is 1. The minimum Gasteiger partial charge on any atom is -0.507 e. The van der Waals surface area contributed by atoms with Crippen molar-refractivity contribution >= 4 is 17.8 Å². The normalized spacial score (nSPS) is 28.4. The van der Waals surface area contributed by atoms with Gasteiger partial charge in [0.15, 0.2) is 5.78 Å². The van der Waals surface area contributed by atoms with Crippen molar-refractivity contribution in [1.82, 2.24) is 0 Å². The molecule has 6 heteroatoms. The first-order valence-electron chi connectivity index (χ1n) is 9.15. The molecule has 1 aliphatic carbocycles. The van der Waals surface area contributed by atoms with Crippen molar-refractivity contribution in [3.05, 3.63) is 41.5 Å². The van der Waals surface area contributed by atoms with Gasteiger partial charge in [-0.15, -0.1) is 0 Å². The van der Waals surface area contributed by atoms with Crippen LogP contribution in [0.5, 0.6) is 11.5 Å². The number of fused-ring (bicyclic) bond motifs is 2. The molecule has 0 spiro atoms. The summed E-state index contributed by atoms with van der Waals surface area (Å²) in [5.74, 6) is -0.611. The fraction of sp³-hybridized carbons (Fsp3) is 0.429. The van der Waals surface area contributed by atoms with Gasteiger partial charge in [-0.1, -0.05) is 18.2 Å². The number of hydrogen-bond acceptors (Lipinski definition) is 6. The molecule has 1 aliphatic heterocycles. The Labute approximate surface area is 158 Å². The molecule has 1 fully saturated rings. The highest BCUT2D eigenvalue weighted by atomic mass is 16.5. The molecule has 144 valence electrons. The number of methoxy groups -OCH3 is 1. The summed E-state index contributed by atoms with van der Waals surface area (Å²) in [4.78, 5) is 24.8. The first-order valence-corrected chi connectivity index (χ1v) is 9.15. The molecule has 3 rings (SSSR count). The molecule has 1 aromatic carbocycles. The van der Waals surface area contributed by atoms with Crippen LogP contribution in [-0.4, -0.2) is 41.3 Å². The second-order valence-electron chi connectivity index (χ2n) is 6.97. The van der Waals surface area contributed by atoms with Crippen LogP contribution in [0, 0.1) is 5.92 Å². The lowest BCUT2D eigenvalue weighted by molar-refractivity contribution is -0.116. The Kier molecular flexibility index (Phi) is 5.96. The van der Waals surface area contributed by atoms with Gasteiger partial charge in [0.1, 0.15) is 23.2 Å². The van der Waals surface area contributed by atoms with E-state index in [4.69, 9.17) is 9.47 Å². The molecular weight excluding hydrogens is 348 g/mol. The van der Waals surface area contributed by atoms with E-state index in [1.807, 2.05) is 0 Å². The molecule has 27 heavy (non-hydrogen) atoms. The number of phenolic OH excluding ortho intramolecular Hbond substituents is 1. The van der Waals surface area contributed by atoms with Crippen LogP contribution in [0.2, 0.25) is 0 Å². The van der Waals surface area contributed by atoms with Crippen molar-refractivity contribution in [2.75, 3.05) is 7.11 Å². The number of hydrogen-bond donors (Lipinski definition) is 2. The van der Waals surface area contributed by atoms with Crippen LogP contribution in [0.1, 0.15) is 48.0 Å². The Hall–Kier alpha value is -2.60. The fourth-order valence-electron chi connectivity index (χ4n) is 3.58. The SMILES string of the molecule is COc1cc(O)c2c(c1)/C=C/C[C@H](O)CC(=O)/C=C\[C@H]1CCCC1OC2=O. The third-order valence-electron chi connectivity index (χ3n) is 5.00. The summed E-state index contributed by atoms with van der Waals surface area (Å²) < 4.78 is 10.8. The van der Waals surface area contributed by atoms with E-state index in [1.165, 1.54) is 19.3 Å². The van der Waals surface area contributed by atoms with E-state index in [-0.39, 0.29) is 42.0 Å². The Bertz CT molecular complexity index is 779. The molecule has 2 N–H and O–H groups in total. The molecule has 1 heterocycles. The molecule has 1 unspecified atom stereocenters. The van der Waals surface area contributed by atoms with Gasteiger partial charge in [-0.25, -0.2) is 4.79 Å². The van der Waals surface area contributed by atoms with E-state index >= 15 is 0 Å². The molecular formula is C21H24O6. The third kappa shape index (κ3) is 4.57. The summed E-state index contributed by atoms with van der Waals surface area (Å²) in [6.45, 7) is 0. The van der Waals surface area contributed by atoms with Crippen molar-refractivity contribution in [3.8, 4) is 11.5 Å². The van der Waals surface area contributed by atoms with Gasteiger partial charge in [0.05, 0.1) is 13.2 Å². The average Bonchev–Trinajstić information content (AvgIpc) is 3.05. The molecule has 3 atom stereocenters. The van der Waals surface area contributed by atoms with Gasteiger partial charge < -0.3 is 19.7 Å². The topological polar surface area (TPSA) is 93.1 Å². The van der Waals surface area contributed by atoms with E-state index in [1.54, 1.807) is 24.3 Å². The van der Waals surface area contributed by atoms with Crippen molar-refractivity contribution in [2.45, 2.75) is 44.3 Å². The number of rotatable bonds is 1. The molecule has 0 bridgehead atoms. The number of esters is 1. The molecule has 0 saturated heterocycles. The quantitative estimate of drug-likeness (QED) is 0.736. The van der Waals surface area contributed by atoms with Gasteiger partial charge in [0, 0.05) is 18.4 Å². The lowest BCUT2D eigenvalue weighted by Crippen LogP contribution is -2.22. The predicted octanol–water partition coefficient (Wildman–Crippen LogP) is 3.02. The summed E-state index contributed by atoms with van der Waals surface area (Å²) in [7, 11) is 1.47. The van der Waals surface area contributed by atoms with Crippen molar-refractivity contribution < 1.29 is 29.3 Å². The number of aromatic hydroxyl groups is 1. The van der Waals surface area contributed by atoms with Crippen LogP contribution in [0.4, 0.5) is 0 Å². The van der Waals surface area contributed by atoms with Crippen molar-refractivity contribution in [2.24, 2.45) is 5.92 Å². The van der Waals surface area contributed by atoms with Crippen LogP contribution in [-0.2, 0) is 9.53 Å². The van der Waals surface area contributed by atoms with Gasteiger partial charge >= 0.3 is 5.97 Å². The predicted molar refractivity (Wildman–Crippen MR) is 99.6 cm³/mol. The number of phenols is 1. The molecule has 2 aliphatic rings. The van der Waals surface area contributed by atoms with E-state index in [2.05, 4.69) is 0 Å². The summed E-state index contributed by atoms with van der Waals surface area (Å²) in [5.41, 5.74) is 0.516. The zero-order valence-corrected chi connectivity index (χ0v) is 15.3. The monoisotopic (exact) mass is 372 g/mol. The van der Waals surface area contributed by atoms with Crippen LogP contribution in [0.25, 0.3) is 6.08 Å². The average molecular weight is 372 g/mol. The highest BCUT2D eigenvalue weighted by Crippen LogP contribution is 2.34. The highest BCUT2D eigenvalue weighted by Gasteiger charge is 2.31. The summed E-state index contributed by atoms with van der Waals surface area (Å²) in [6.07, 6.45) is 8.10. The Balaban J connectivity index is 2.00. The minimum absolute atomic E-state index is 0.0359. The second kappa shape index (κ2) is 8.39. The van der Waals surface area contributed by atoms with Gasteiger partial charge in [-0.3, -0.25) is 4.79 Å². The third-order valence-corrected chi connectivity index (χ3v) is 5.00. The Morgan fingerprint density at radius 1 is 1.19 bits per heavy atom. The zero-order chi connectivity index (χ0) is 19.4. The fourth-order valence-corrected chi connectivity index (χ4v) is 3.58. The first kappa shape index (κ1) is 19.2. The summed E-state index contributed by atoms with van der Waals surface area (Å²) >= 11 is 0. The number of aliphatic hydroxyl groups excluding tert-OH is 1. The second-order valence-corrected chi connectivity index (χ2v) is 6.97. The number of allylic oxidation sites excluding steroid dienone is 1. The maximum Gasteiger partial charge on any atom is 0.342 e. The molecule has 6 nitrogen and oxygen atoms in total. The van der Waals surface area contributed by atoms with Crippen molar-refractivity contribution in [1.29, 1.82) is 0 Å². The number of benzene rings is 1. The van der Waals surface area contributed by atoms with Gasteiger partial charge in [0.25, 0.3) is 0 Å². The van der Waals surface area contributed by atoms with E-state index in [9.17, 15) is 19.8 Å². The number of carbonyl (C=O) groups excluding carboxylic acids is 2. The smallest absolute Gasteiger partial charge is 0.342 e. The number of ether oxygens (including phenoxy) is 2. The summed E-state index contributed by atoms with van der Waals surface area (Å²) in [5, 5.41) is 20.4. The maximum atomic E-state index is 12.8. The molecule has 0 radical (unpaired) electrons. The molecule has 1 saturated carbocycles. The first-order chi connectivity index (χ1) is 13.0. The lowest BCUT2D eigenvalue weighted by Gasteiger charge is -2.19. The van der Waals surface area contributed by atoms with Gasteiger partial charge in [0.2, 0.25) is 0 Å². The van der Waals surface area contributed by atoms with E-state index in [0.717, 1.165) is 12.8 Å². The zero-order valence-electron chi connectivity index (χ0n) is 15.3. The van der Waals surface area contributed by atoms with Gasteiger partial charge in [-0.05, 0) is 43.4 Å². The minimum atomic E-state index is -0.810. The van der Waals surface area contributed by atoms with E-state index < -0.39 is 12.1 Å². The lowest BCUT2D eigenvalue weighted by atomic mass is 10.0. The van der Waals surface area contributed by atoms with Crippen LogP contribution >= 0.6 is 0 Å². The van der Waals surface area contributed by atoms with E-state index in [0.29, 0.717) is 17.7 Å². The largest absolute Gasteiger partial charge is 0.507 e. The maximum absolute atomic E-state index is 12.8. The Morgan fingerprint density at radius 2 is 2.00 bits per heavy atom. The number of aliphatic hydroxyl groups is 1. The van der Waals surface area contributed by atoms with Crippen LogP contribution in [0.3, 0.4) is 0 Å². The molecule has 1 aromatic rings. The number of carbonyl (C=O) groups is 2. The highest BCUT2D eigenvalue weighted by molar-refractivity contribution is 5.97. The Morgan fingerprint density at radius 3 is 2.78 bits per heavy atom. The van der Waals surface area contributed by atoms with Crippen LogP contribution < -0.4 is 4.74 Å². The molecule has 0 amide bonds. The van der Waals surface area contributed by atoms with Gasteiger partial charge in [-0.2, -0.15) is 0 Å². The molecule has 0 aromatic heterocycles. The summed E-state index contributed by atoms with van der Waals surface area (Å²) in [6, 6.07) is 3.00. The van der Waals surface area contributed by atoms with Crippen molar-refractivity contribution in [3.63, 3.8) is 0 Å².